The Labute approximate surface area is 203 Å². The number of amides is 4. The maximum Gasteiger partial charge on any atom is 0.287 e. The molecule has 4 N–H and O–H groups in total. The zero-order chi connectivity index (χ0) is 25.8. The average molecular weight is 481 g/mol. The summed E-state index contributed by atoms with van der Waals surface area (Å²) < 4.78 is 0. The van der Waals surface area contributed by atoms with Crippen molar-refractivity contribution in [3.05, 3.63) is 0 Å². The van der Waals surface area contributed by atoms with Crippen molar-refractivity contribution in [3.8, 4) is 0 Å². The van der Waals surface area contributed by atoms with Crippen LogP contribution in [0.4, 0.5) is 0 Å². The van der Waals surface area contributed by atoms with Gasteiger partial charge in [0.05, 0.1) is 12.6 Å². The van der Waals surface area contributed by atoms with E-state index in [2.05, 4.69) is 45.3 Å². The molecule has 194 valence electrons. The van der Waals surface area contributed by atoms with Crippen LogP contribution in [-0.2, 0) is 24.0 Å². The molecule has 0 spiro atoms. The van der Waals surface area contributed by atoms with Crippen LogP contribution in [0.1, 0.15) is 86.0 Å². The molecular formula is C25H44N4O5. The molecule has 2 unspecified atom stereocenters. The lowest BCUT2D eigenvalue weighted by molar-refractivity contribution is -0.141. The van der Waals surface area contributed by atoms with Crippen LogP contribution < -0.4 is 16.4 Å². The van der Waals surface area contributed by atoms with Crippen molar-refractivity contribution in [2.24, 2.45) is 23.5 Å². The first-order valence-corrected chi connectivity index (χ1v) is 12.7. The summed E-state index contributed by atoms with van der Waals surface area (Å²) in [6.45, 7) is 11.0. The lowest BCUT2D eigenvalue weighted by Crippen LogP contribution is -2.54. The minimum atomic E-state index is -1.07. The van der Waals surface area contributed by atoms with Gasteiger partial charge in [-0.2, -0.15) is 0 Å². The highest BCUT2D eigenvalue weighted by atomic mass is 16.2. The predicted octanol–water partition coefficient (Wildman–Crippen LogP) is 1.92. The summed E-state index contributed by atoms with van der Waals surface area (Å²) in [7, 11) is 0. The van der Waals surface area contributed by atoms with Gasteiger partial charge in [0.1, 0.15) is 6.04 Å². The molecule has 1 heterocycles. The number of primary amides is 1. The van der Waals surface area contributed by atoms with Crippen molar-refractivity contribution in [3.63, 3.8) is 0 Å². The van der Waals surface area contributed by atoms with E-state index < -0.39 is 29.7 Å². The first kappa shape index (κ1) is 29.6. The maximum absolute atomic E-state index is 12.7. The molecule has 3 rings (SSSR count). The molecule has 0 aromatic heterocycles. The Bertz CT molecular complexity index is 713. The Kier molecular flexibility index (Phi) is 12.8. The van der Waals surface area contributed by atoms with Gasteiger partial charge in [-0.1, -0.05) is 53.9 Å². The van der Waals surface area contributed by atoms with Crippen molar-refractivity contribution in [1.82, 2.24) is 15.5 Å². The third kappa shape index (κ3) is 11.1. The van der Waals surface area contributed by atoms with E-state index in [-0.39, 0.29) is 24.3 Å². The number of nitrogens with zero attached hydrogens (tertiary/aromatic N) is 1. The Hall–Kier alpha value is -2.45. The van der Waals surface area contributed by atoms with Crippen LogP contribution in [0, 0.1) is 17.8 Å². The van der Waals surface area contributed by atoms with E-state index in [1.54, 1.807) is 0 Å². The maximum atomic E-state index is 12.7. The van der Waals surface area contributed by atoms with Crippen LogP contribution in [0.2, 0.25) is 0 Å². The number of hydrogen-bond donors (Lipinski definition) is 3. The number of nitrogens with one attached hydrogen (secondary N) is 2. The Morgan fingerprint density at radius 3 is 1.97 bits per heavy atom. The number of likely N-dealkylation sites (tertiary alicyclic amines) is 1. The van der Waals surface area contributed by atoms with Gasteiger partial charge in [0, 0.05) is 12.5 Å². The summed E-state index contributed by atoms with van der Waals surface area (Å²) in [6, 6.07) is -1.63. The largest absolute Gasteiger partial charge is 0.363 e. The van der Waals surface area contributed by atoms with Crippen LogP contribution in [-0.4, -0.2) is 59.5 Å². The van der Waals surface area contributed by atoms with Gasteiger partial charge in [0.15, 0.2) is 0 Å². The standard InChI is InChI=1S/C18H26N4O5.C4H10.C3H8/c19-16(25)15(24)12(8-10-3-4-10)21-18(27)13-2-1-7-22(13)14(23)9-20-17(26)11-5-6-11;1-4(2)3;1-3-2/h10-13H,1-9H2,(H2,19,25)(H,20,26)(H,21,27);4H,1-3H3;3H2,1-2H3. The van der Waals surface area contributed by atoms with Crippen LogP contribution in [0.3, 0.4) is 0 Å². The highest BCUT2D eigenvalue weighted by molar-refractivity contribution is 6.37. The van der Waals surface area contributed by atoms with Gasteiger partial charge in [0.2, 0.25) is 23.5 Å². The fraction of sp³-hybridized carbons (Fsp3) is 0.800. The molecule has 3 fully saturated rings. The van der Waals surface area contributed by atoms with Crippen molar-refractivity contribution in [1.29, 1.82) is 0 Å². The lowest BCUT2D eigenvalue weighted by Gasteiger charge is -2.26. The van der Waals surface area contributed by atoms with Gasteiger partial charge in [-0.15, -0.1) is 0 Å². The number of carbonyl (C=O) groups excluding carboxylic acids is 5. The minimum Gasteiger partial charge on any atom is -0.363 e. The number of rotatable bonds is 9. The lowest BCUT2D eigenvalue weighted by atomic mass is 10.0. The van der Waals surface area contributed by atoms with Crippen molar-refractivity contribution in [2.45, 2.75) is 98.1 Å². The quantitative estimate of drug-likeness (QED) is 0.433. The monoisotopic (exact) mass is 480 g/mol. The predicted molar refractivity (Wildman–Crippen MR) is 130 cm³/mol. The van der Waals surface area contributed by atoms with Gasteiger partial charge >= 0.3 is 0 Å². The molecule has 1 aliphatic heterocycles. The molecule has 9 heteroatoms. The van der Waals surface area contributed by atoms with Gasteiger partial charge in [0.25, 0.3) is 5.91 Å². The smallest absolute Gasteiger partial charge is 0.287 e. The summed E-state index contributed by atoms with van der Waals surface area (Å²) in [4.78, 5) is 61.4. The van der Waals surface area contributed by atoms with Gasteiger partial charge in [-0.05, 0) is 43.9 Å². The van der Waals surface area contributed by atoms with E-state index in [9.17, 15) is 24.0 Å². The third-order valence-corrected chi connectivity index (χ3v) is 5.38. The number of hydrogen-bond acceptors (Lipinski definition) is 5. The summed E-state index contributed by atoms with van der Waals surface area (Å²) in [5, 5.41) is 5.23. The van der Waals surface area contributed by atoms with E-state index in [0.29, 0.717) is 31.7 Å². The topological polar surface area (TPSA) is 139 Å². The van der Waals surface area contributed by atoms with E-state index in [1.807, 2.05) is 0 Å². The first-order valence-electron chi connectivity index (χ1n) is 12.7. The van der Waals surface area contributed by atoms with E-state index in [0.717, 1.165) is 31.6 Å². The van der Waals surface area contributed by atoms with Crippen LogP contribution in [0.15, 0.2) is 0 Å². The molecule has 2 saturated carbocycles. The second-order valence-electron chi connectivity index (χ2n) is 10.1. The van der Waals surface area contributed by atoms with E-state index in [1.165, 1.54) is 11.3 Å². The first-order chi connectivity index (χ1) is 16.0. The highest BCUT2D eigenvalue weighted by Crippen LogP contribution is 2.34. The molecule has 34 heavy (non-hydrogen) atoms. The number of carbonyl (C=O) groups is 5. The summed E-state index contributed by atoms with van der Waals surface area (Å²) in [6.07, 6.45) is 6.43. The molecule has 3 aliphatic rings. The zero-order valence-electron chi connectivity index (χ0n) is 21.5. The van der Waals surface area contributed by atoms with Crippen LogP contribution in [0.5, 0.6) is 0 Å². The Balaban J connectivity index is 0.000000732. The molecule has 0 radical (unpaired) electrons. The number of nitrogens with two attached hydrogens (primary N) is 1. The van der Waals surface area contributed by atoms with Crippen molar-refractivity contribution >= 4 is 29.4 Å². The van der Waals surface area contributed by atoms with E-state index >= 15 is 0 Å². The normalized spacial score (nSPS) is 19.7. The SMILES string of the molecule is CC(C)C.CCC.NC(=O)C(=O)C(CC1CC1)NC(=O)C1CCCN1C(=O)CNC(=O)C1CC1. The second-order valence-corrected chi connectivity index (χ2v) is 10.1. The molecule has 2 aliphatic carbocycles. The number of Topliss-reactive ketones (excluding diaryl/α,β-unsaturated/α-hetero) is 1. The highest BCUT2D eigenvalue weighted by Gasteiger charge is 2.38. The second kappa shape index (κ2) is 14.7. The molecule has 4 amide bonds. The Morgan fingerprint density at radius 2 is 1.50 bits per heavy atom. The summed E-state index contributed by atoms with van der Waals surface area (Å²) in [5.41, 5.74) is 5.09. The fourth-order valence-corrected chi connectivity index (χ4v) is 3.45. The molecular weight excluding hydrogens is 436 g/mol. The third-order valence-electron chi connectivity index (χ3n) is 5.38. The summed E-state index contributed by atoms with van der Waals surface area (Å²) >= 11 is 0. The molecule has 0 aromatic rings. The van der Waals surface area contributed by atoms with E-state index in [4.69, 9.17) is 5.73 Å². The molecule has 0 aromatic carbocycles. The fourth-order valence-electron chi connectivity index (χ4n) is 3.45. The molecule has 9 nitrogen and oxygen atoms in total. The van der Waals surface area contributed by atoms with Gasteiger partial charge in [-0.3, -0.25) is 24.0 Å². The number of ketones is 1. The Morgan fingerprint density at radius 1 is 0.941 bits per heavy atom. The van der Waals surface area contributed by atoms with Gasteiger partial charge < -0.3 is 21.3 Å². The zero-order valence-corrected chi connectivity index (χ0v) is 21.5. The van der Waals surface area contributed by atoms with Crippen LogP contribution in [0.25, 0.3) is 0 Å². The van der Waals surface area contributed by atoms with Crippen LogP contribution >= 0.6 is 0 Å². The molecule has 0 bridgehead atoms. The molecule has 1 saturated heterocycles. The van der Waals surface area contributed by atoms with Crippen molar-refractivity contribution < 1.29 is 24.0 Å². The molecule has 2 atom stereocenters. The minimum absolute atomic E-state index is 0.0125. The summed E-state index contributed by atoms with van der Waals surface area (Å²) in [5.74, 6) is -1.60. The van der Waals surface area contributed by atoms with Crippen molar-refractivity contribution in [2.75, 3.05) is 13.1 Å². The van der Waals surface area contributed by atoms with Gasteiger partial charge in [-0.25, -0.2) is 0 Å². The average Bonchev–Trinajstić information content (AvgIpc) is 3.69.